The maximum absolute atomic E-state index is 8.54. The molecule has 74 valence electrons. The van der Waals surface area contributed by atoms with Crippen LogP contribution >= 0.6 is 15.9 Å². The standard InChI is InChI=1S/C10H12BrN3/c11-5-1-2-6-13-10-4-3-9(7-12)14-8-10/h3-4,8,13H,1-2,5-6H2. The van der Waals surface area contributed by atoms with E-state index in [1.54, 1.807) is 12.3 Å². The van der Waals surface area contributed by atoms with Crippen LogP contribution in [0.4, 0.5) is 5.69 Å². The van der Waals surface area contributed by atoms with Crippen LogP contribution in [0.5, 0.6) is 0 Å². The van der Waals surface area contributed by atoms with Crippen molar-refractivity contribution in [3.8, 4) is 6.07 Å². The molecule has 0 aromatic carbocycles. The molecule has 0 unspecified atom stereocenters. The van der Waals surface area contributed by atoms with Gasteiger partial charge in [0.2, 0.25) is 0 Å². The predicted molar refractivity (Wildman–Crippen MR) is 60.5 cm³/mol. The van der Waals surface area contributed by atoms with Crippen molar-refractivity contribution in [3.63, 3.8) is 0 Å². The molecule has 0 bridgehead atoms. The van der Waals surface area contributed by atoms with E-state index in [0.29, 0.717) is 5.69 Å². The Morgan fingerprint density at radius 1 is 1.43 bits per heavy atom. The molecule has 1 heterocycles. The van der Waals surface area contributed by atoms with E-state index >= 15 is 0 Å². The summed E-state index contributed by atoms with van der Waals surface area (Å²) in [6.45, 7) is 0.944. The number of hydrogen-bond donors (Lipinski definition) is 1. The van der Waals surface area contributed by atoms with Crippen LogP contribution in [0.1, 0.15) is 18.5 Å². The molecule has 0 spiro atoms. The van der Waals surface area contributed by atoms with Gasteiger partial charge in [-0.3, -0.25) is 0 Å². The number of unbranched alkanes of at least 4 members (excludes halogenated alkanes) is 1. The molecule has 0 saturated heterocycles. The van der Waals surface area contributed by atoms with Gasteiger partial charge in [-0.25, -0.2) is 4.98 Å². The van der Waals surface area contributed by atoms with Gasteiger partial charge in [-0.15, -0.1) is 0 Å². The molecular weight excluding hydrogens is 242 g/mol. The zero-order valence-electron chi connectivity index (χ0n) is 7.83. The lowest BCUT2D eigenvalue weighted by Crippen LogP contribution is -2.01. The minimum Gasteiger partial charge on any atom is -0.384 e. The van der Waals surface area contributed by atoms with Crippen LogP contribution in [-0.2, 0) is 0 Å². The summed E-state index contributed by atoms with van der Waals surface area (Å²) in [5, 5.41) is 12.8. The number of nitriles is 1. The van der Waals surface area contributed by atoms with E-state index in [0.717, 1.165) is 30.4 Å². The summed E-state index contributed by atoms with van der Waals surface area (Å²) in [4.78, 5) is 3.96. The molecule has 3 nitrogen and oxygen atoms in total. The van der Waals surface area contributed by atoms with Crippen molar-refractivity contribution in [1.82, 2.24) is 4.98 Å². The zero-order valence-corrected chi connectivity index (χ0v) is 9.42. The summed E-state index contributed by atoms with van der Waals surface area (Å²) in [5.74, 6) is 0. The Bertz CT molecular complexity index is 302. The summed E-state index contributed by atoms with van der Waals surface area (Å²) >= 11 is 3.38. The Balaban J connectivity index is 2.33. The van der Waals surface area contributed by atoms with Crippen molar-refractivity contribution in [2.45, 2.75) is 12.8 Å². The van der Waals surface area contributed by atoms with Gasteiger partial charge in [0.25, 0.3) is 0 Å². The van der Waals surface area contributed by atoms with Crippen LogP contribution in [0.25, 0.3) is 0 Å². The van der Waals surface area contributed by atoms with Crippen molar-refractivity contribution in [3.05, 3.63) is 24.0 Å². The molecule has 0 saturated carbocycles. The third-order valence-corrected chi connectivity index (χ3v) is 2.33. The molecule has 1 rings (SSSR count). The van der Waals surface area contributed by atoms with Gasteiger partial charge in [-0.2, -0.15) is 5.26 Å². The highest BCUT2D eigenvalue weighted by Gasteiger charge is 1.93. The first-order valence-corrected chi connectivity index (χ1v) is 5.65. The fourth-order valence-electron chi connectivity index (χ4n) is 1.02. The third-order valence-electron chi connectivity index (χ3n) is 1.77. The fraction of sp³-hybridized carbons (Fsp3) is 0.400. The quantitative estimate of drug-likeness (QED) is 0.648. The molecule has 0 amide bonds. The second-order valence-electron chi connectivity index (χ2n) is 2.87. The van der Waals surface area contributed by atoms with Gasteiger partial charge in [0.1, 0.15) is 11.8 Å². The monoisotopic (exact) mass is 253 g/mol. The Morgan fingerprint density at radius 3 is 2.86 bits per heavy atom. The first-order valence-electron chi connectivity index (χ1n) is 4.53. The highest BCUT2D eigenvalue weighted by atomic mass is 79.9. The Kier molecular flexibility index (Phi) is 5.02. The normalized spacial score (nSPS) is 9.43. The van der Waals surface area contributed by atoms with Crippen LogP contribution in [0.15, 0.2) is 18.3 Å². The summed E-state index contributed by atoms with van der Waals surface area (Å²) in [6.07, 6.45) is 3.98. The summed E-state index contributed by atoms with van der Waals surface area (Å²) in [6, 6.07) is 5.58. The molecule has 0 aliphatic heterocycles. The van der Waals surface area contributed by atoms with E-state index in [9.17, 15) is 0 Å². The zero-order chi connectivity index (χ0) is 10.2. The molecule has 0 atom stereocenters. The third kappa shape index (κ3) is 3.75. The molecule has 0 fully saturated rings. The number of nitrogens with zero attached hydrogens (tertiary/aromatic N) is 2. The van der Waals surface area contributed by atoms with Crippen molar-refractivity contribution >= 4 is 21.6 Å². The van der Waals surface area contributed by atoms with Crippen molar-refractivity contribution < 1.29 is 0 Å². The van der Waals surface area contributed by atoms with E-state index in [1.807, 2.05) is 12.1 Å². The smallest absolute Gasteiger partial charge is 0.140 e. The van der Waals surface area contributed by atoms with E-state index in [1.165, 1.54) is 0 Å². The predicted octanol–water partition coefficient (Wildman–Crippen LogP) is 2.54. The number of pyridine rings is 1. The highest BCUT2D eigenvalue weighted by molar-refractivity contribution is 9.09. The number of rotatable bonds is 5. The van der Waals surface area contributed by atoms with Crippen LogP contribution in [0, 0.1) is 11.3 Å². The van der Waals surface area contributed by atoms with Crippen LogP contribution in [-0.4, -0.2) is 16.9 Å². The van der Waals surface area contributed by atoms with Gasteiger partial charge in [0.05, 0.1) is 11.9 Å². The van der Waals surface area contributed by atoms with Crippen molar-refractivity contribution in [2.24, 2.45) is 0 Å². The van der Waals surface area contributed by atoms with E-state index in [2.05, 4.69) is 26.2 Å². The summed E-state index contributed by atoms with van der Waals surface area (Å²) < 4.78 is 0. The lowest BCUT2D eigenvalue weighted by Gasteiger charge is -2.04. The lowest BCUT2D eigenvalue weighted by molar-refractivity contribution is 0.846. The number of aromatic nitrogens is 1. The first kappa shape index (κ1) is 11.0. The van der Waals surface area contributed by atoms with Gasteiger partial charge in [0, 0.05) is 11.9 Å². The van der Waals surface area contributed by atoms with Crippen molar-refractivity contribution in [2.75, 3.05) is 17.2 Å². The number of hydrogen-bond acceptors (Lipinski definition) is 3. The largest absolute Gasteiger partial charge is 0.384 e. The average Bonchev–Trinajstić information content (AvgIpc) is 2.25. The van der Waals surface area contributed by atoms with E-state index in [-0.39, 0.29) is 0 Å². The lowest BCUT2D eigenvalue weighted by atomic mass is 10.3. The number of nitrogens with one attached hydrogen (secondary N) is 1. The second kappa shape index (κ2) is 6.39. The number of anilines is 1. The molecule has 1 N–H and O–H groups in total. The highest BCUT2D eigenvalue weighted by Crippen LogP contribution is 2.05. The molecule has 0 aliphatic rings. The van der Waals surface area contributed by atoms with Crippen LogP contribution in [0.3, 0.4) is 0 Å². The molecule has 14 heavy (non-hydrogen) atoms. The van der Waals surface area contributed by atoms with Gasteiger partial charge >= 0.3 is 0 Å². The Morgan fingerprint density at radius 2 is 2.29 bits per heavy atom. The summed E-state index contributed by atoms with van der Waals surface area (Å²) in [7, 11) is 0. The molecule has 1 aromatic rings. The average molecular weight is 254 g/mol. The number of alkyl halides is 1. The molecular formula is C10H12BrN3. The SMILES string of the molecule is N#Cc1ccc(NCCCCBr)cn1. The van der Waals surface area contributed by atoms with Gasteiger partial charge in [0.15, 0.2) is 0 Å². The van der Waals surface area contributed by atoms with Crippen LogP contribution in [0.2, 0.25) is 0 Å². The molecule has 0 radical (unpaired) electrons. The van der Waals surface area contributed by atoms with E-state index < -0.39 is 0 Å². The Labute approximate surface area is 92.3 Å². The second-order valence-corrected chi connectivity index (χ2v) is 3.66. The van der Waals surface area contributed by atoms with Gasteiger partial charge < -0.3 is 5.32 Å². The maximum Gasteiger partial charge on any atom is 0.140 e. The number of halogens is 1. The molecule has 4 heteroatoms. The fourth-order valence-corrected chi connectivity index (χ4v) is 1.41. The first-order chi connectivity index (χ1) is 6.86. The van der Waals surface area contributed by atoms with Crippen LogP contribution < -0.4 is 5.32 Å². The maximum atomic E-state index is 8.54. The van der Waals surface area contributed by atoms with Crippen molar-refractivity contribution in [1.29, 1.82) is 5.26 Å². The summed E-state index contributed by atoms with van der Waals surface area (Å²) in [5.41, 5.74) is 1.43. The minimum absolute atomic E-state index is 0.455. The molecule has 0 aliphatic carbocycles. The van der Waals surface area contributed by atoms with Gasteiger partial charge in [-0.1, -0.05) is 15.9 Å². The Hall–Kier alpha value is -1.08. The van der Waals surface area contributed by atoms with E-state index in [4.69, 9.17) is 5.26 Å². The minimum atomic E-state index is 0.455. The molecule has 1 aromatic heterocycles. The van der Waals surface area contributed by atoms with Gasteiger partial charge in [-0.05, 0) is 25.0 Å². The topological polar surface area (TPSA) is 48.7 Å².